The number of piperazine rings is 1. The Hall–Kier alpha value is -2.22. The van der Waals surface area contributed by atoms with Gasteiger partial charge in [0.2, 0.25) is 5.91 Å². The van der Waals surface area contributed by atoms with Crippen LogP contribution in [0.2, 0.25) is 0 Å². The van der Waals surface area contributed by atoms with Crippen molar-refractivity contribution in [3.8, 4) is 0 Å². The molecule has 148 valence electrons. The highest BCUT2D eigenvalue weighted by atomic mass is 16.2. The molecular formula is C19H31N7O. The largest absolute Gasteiger partial charge is 0.353 e. The molecule has 0 radical (unpaired) electrons. The average molecular weight is 374 g/mol. The maximum absolute atomic E-state index is 12.1. The Bertz CT molecular complexity index is 787. The van der Waals surface area contributed by atoms with E-state index in [1.807, 2.05) is 23.6 Å². The van der Waals surface area contributed by atoms with Crippen molar-refractivity contribution in [3.63, 3.8) is 0 Å². The molecule has 1 unspecified atom stereocenters. The summed E-state index contributed by atoms with van der Waals surface area (Å²) in [5.74, 6) is 1.90. The van der Waals surface area contributed by atoms with E-state index in [4.69, 9.17) is 5.10 Å². The molecule has 1 atom stereocenters. The topological polar surface area (TPSA) is 78.7 Å². The van der Waals surface area contributed by atoms with Crippen molar-refractivity contribution < 1.29 is 4.79 Å². The number of hydrogen-bond donors (Lipinski definition) is 1. The summed E-state index contributed by atoms with van der Waals surface area (Å²) in [7, 11) is 0. The zero-order chi connectivity index (χ0) is 19.6. The Balaban J connectivity index is 1.63. The lowest BCUT2D eigenvalue weighted by molar-refractivity contribution is -0.122. The molecule has 1 N–H and O–H groups in total. The summed E-state index contributed by atoms with van der Waals surface area (Å²) in [4.78, 5) is 16.5. The van der Waals surface area contributed by atoms with Gasteiger partial charge in [0, 0.05) is 37.6 Å². The summed E-state index contributed by atoms with van der Waals surface area (Å²) in [5.41, 5.74) is 0.649. The molecule has 8 heteroatoms. The molecule has 1 fully saturated rings. The van der Waals surface area contributed by atoms with Crippen molar-refractivity contribution in [2.45, 2.75) is 52.5 Å². The second-order valence-corrected chi connectivity index (χ2v) is 8.38. The van der Waals surface area contributed by atoms with Gasteiger partial charge in [-0.15, -0.1) is 15.3 Å². The number of fused-ring (bicyclic) bond motifs is 1. The smallest absolute Gasteiger partial charge is 0.234 e. The van der Waals surface area contributed by atoms with E-state index in [2.05, 4.69) is 53.0 Å². The Labute approximate surface area is 160 Å². The van der Waals surface area contributed by atoms with Gasteiger partial charge in [-0.1, -0.05) is 27.7 Å². The molecule has 1 amide bonds. The fourth-order valence-corrected chi connectivity index (χ4v) is 3.18. The number of nitrogens with zero attached hydrogens (tertiary/aromatic N) is 6. The maximum Gasteiger partial charge on any atom is 0.234 e. The third-order valence-corrected chi connectivity index (χ3v) is 5.00. The standard InChI is InChI=1S/C19H31N7O/c1-6-14(2)20-17(27)13-24-9-11-25(12-10-24)16-8-7-15-21-22-18(19(3,4)5)26(15)23-16/h7-8,14H,6,9-13H2,1-5H3,(H,20,27). The monoisotopic (exact) mass is 373 g/mol. The summed E-state index contributed by atoms with van der Waals surface area (Å²) in [6, 6.07) is 4.20. The number of carbonyl (C=O) groups is 1. The van der Waals surface area contributed by atoms with Crippen molar-refractivity contribution in [2.24, 2.45) is 0 Å². The molecule has 1 aliphatic rings. The summed E-state index contributed by atoms with van der Waals surface area (Å²) in [6.07, 6.45) is 0.952. The molecule has 0 aliphatic carbocycles. The van der Waals surface area contributed by atoms with Crippen molar-refractivity contribution in [2.75, 3.05) is 37.6 Å². The number of aromatic nitrogens is 4. The maximum atomic E-state index is 12.1. The van der Waals surface area contributed by atoms with E-state index in [9.17, 15) is 4.79 Å². The van der Waals surface area contributed by atoms with E-state index >= 15 is 0 Å². The normalized spacial score (nSPS) is 17.3. The molecular weight excluding hydrogens is 342 g/mol. The fourth-order valence-electron chi connectivity index (χ4n) is 3.18. The molecule has 2 aromatic heterocycles. The molecule has 0 bridgehead atoms. The third kappa shape index (κ3) is 4.55. The van der Waals surface area contributed by atoms with Gasteiger partial charge in [-0.3, -0.25) is 9.69 Å². The van der Waals surface area contributed by atoms with E-state index in [0.717, 1.165) is 49.9 Å². The minimum Gasteiger partial charge on any atom is -0.353 e. The zero-order valence-electron chi connectivity index (χ0n) is 17.1. The molecule has 0 aromatic carbocycles. The van der Waals surface area contributed by atoms with Gasteiger partial charge in [0.15, 0.2) is 11.5 Å². The number of rotatable bonds is 5. The van der Waals surface area contributed by atoms with E-state index in [-0.39, 0.29) is 17.4 Å². The second-order valence-electron chi connectivity index (χ2n) is 8.38. The van der Waals surface area contributed by atoms with Crippen LogP contribution in [0.3, 0.4) is 0 Å². The number of carbonyl (C=O) groups excluding carboxylic acids is 1. The summed E-state index contributed by atoms with van der Waals surface area (Å²) in [6.45, 7) is 14.3. The molecule has 1 saturated heterocycles. The number of amides is 1. The summed E-state index contributed by atoms with van der Waals surface area (Å²) in [5, 5.41) is 16.3. The first kappa shape index (κ1) is 19.5. The molecule has 8 nitrogen and oxygen atoms in total. The quantitative estimate of drug-likeness (QED) is 0.855. The highest BCUT2D eigenvalue weighted by Crippen LogP contribution is 2.22. The van der Waals surface area contributed by atoms with Crippen LogP contribution in [0.4, 0.5) is 5.82 Å². The fraction of sp³-hybridized carbons (Fsp3) is 0.684. The zero-order valence-corrected chi connectivity index (χ0v) is 17.1. The summed E-state index contributed by atoms with van der Waals surface area (Å²) < 4.78 is 1.85. The highest BCUT2D eigenvalue weighted by Gasteiger charge is 2.24. The Kier molecular flexibility index (Phi) is 5.64. The van der Waals surface area contributed by atoms with Crippen LogP contribution < -0.4 is 10.2 Å². The van der Waals surface area contributed by atoms with Crippen molar-refractivity contribution in [1.29, 1.82) is 0 Å². The van der Waals surface area contributed by atoms with Crippen LogP contribution in [0.5, 0.6) is 0 Å². The molecule has 3 rings (SSSR count). The Morgan fingerprint density at radius 1 is 1.19 bits per heavy atom. The van der Waals surface area contributed by atoms with E-state index in [0.29, 0.717) is 6.54 Å². The van der Waals surface area contributed by atoms with Gasteiger partial charge < -0.3 is 10.2 Å². The van der Waals surface area contributed by atoms with Crippen molar-refractivity contribution in [3.05, 3.63) is 18.0 Å². The molecule has 2 aromatic rings. The molecule has 1 aliphatic heterocycles. The lowest BCUT2D eigenvalue weighted by atomic mass is 9.96. The summed E-state index contributed by atoms with van der Waals surface area (Å²) >= 11 is 0. The van der Waals surface area contributed by atoms with Crippen LogP contribution in [0.15, 0.2) is 12.1 Å². The minimum atomic E-state index is -0.118. The molecule has 27 heavy (non-hydrogen) atoms. The van der Waals surface area contributed by atoms with Gasteiger partial charge in [0.1, 0.15) is 5.82 Å². The SMILES string of the molecule is CCC(C)NC(=O)CN1CCN(c2ccc3nnc(C(C)(C)C)n3n2)CC1. The van der Waals surface area contributed by atoms with E-state index in [1.165, 1.54) is 0 Å². The van der Waals surface area contributed by atoms with Crippen LogP contribution in [-0.2, 0) is 10.2 Å². The van der Waals surface area contributed by atoms with E-state index in [1.54, 1.807) is 0 Å². The number of nitrogens with one attached hydrogen (secondary N) is 1. The lowest BCUT2D eigenvalue weighted by Crippen LogP contribution is -2.50. The van der Waals surface area contributed by atoms with Crippen LogP contribution in [0.25, 0.3) is 5.65 Å². The van der Waals surface area contributed by atoms with Gasteiger partial charge in [-0.25, -0.2) is 0 Å². The first-order valence-corrected chi connectivity index (χ1v) is 9.77. The predicted molar refractivity (Wildman–Crippen MR) is 106 cm³/mol. The van der Waals surface area contributed by atoms with Gasteiger partial charge >= 0.3 is 0 Å². The first-order valence-electron chi connectivity index (χ1n) is 9.77. The van der Waals surface area contributed by atoms with Crippen LogP contribution in [0.1, 0.15) is 46.9 Å². The van der Waals surface area contributed by atoms with Gasteiger partial charge in [-0.05, 0) is 25.5 Å². The van der Waals surface area contributed by atoms with Crippen LogP contribution in [-0.4, -0.2) is 69.4 Å². The van der Waals surface area contributed by atoms with Crippen molar-refractivity contribution >= 4 is 17.4 Å². The highest BCUT2D eigenvalue weighted by molar-refractivity contribution is 5.78. The number of anilines is 1. The van der Waals surface area contributed by atoms with Gasteiger partial charge in [-0.2, -0.15) is 4.52 Å². The van der Waals surface area contributed by atoms with Crippen molar-refractivity contribution in [1.82, 2.24) is 30.0 Å². The van der Waals surface area contributed by atoms with E-state index < -0.39 is 0 Å². The van der Waals surface area contributed by atoms with Crippen LogP contribution >= 0.6 is 0 Å². The number of hydrogen-bond acceptors (Lipinski definition) is 6. The molecule has 0 spiro atoms. The first-order chi connectivity index (χ1) is 12.8. The third-order valence-electron chi connectivity index (χ3n) is 5.00. The average Bonchev–Trinajstić information content (AvgIpc) is 3.05. The predicted octanol–water partition coefficient (Wildman–Crippen LogP) is 1.46. The molecule has 0 saturated carbocycles. The molecule has 3 heterocycles. The second kappa shape index (κ2) is 7.80. The Morgan fingerprint density at radius 2 is 1.89 bits per heavy atom. The lowest BCUT2D eigenvalue weighted by Gasteiger charge is -2.35. The Morgan fingerprint density at radius 3 is 2.52 bits per heavy atom. The van der Waals surface area contributed by atoms with Gasteiger partial charge in [0.05, 0.1) is 6.54 Å². The minimum absolute atomic E-state index is 0.108. The van der Waals surface area contributed by atoms with Crippen LogP contribution in [0, 0.1) is 0 Å². The van der Waals surface area contributed by atoms with Gasteiger partial charge in [0.25, 0.3) is 0 Å².